The number of hydrogen-bond donors (Lipinski definition) is 1. The van der Waals surface area contributed by atoms with Crippen LogP contribution >= 0.6 is 0 Å². The molecule has 1 saturated heterocycles. The minimum absolute atomic E-state index is 0.00556. The van der Waals surface area contributed by atoms with E-state index in [4.69, 9.17) is 0 Å². The second-order valence-corrected chi connectivity index (χ2v) is 6.95. The van der Waals surface area contributed by atoms with Crippen molar-refractivity contribution in [1.82, 2.24) is 10.2 Å². The van der Waals surface area contributed by atoms with Gasteiger partial charge >= 0.3 is 0 Å². The van der Waals surface area contributed by atoms with E-state index in [9.17, 15) is 13.2 Å². The Morgan fingerprint density at radius 2 is 2.06 bits per heavy atom. The van der Waals surface area contributed by atoms with Crippen molar-refractivity contribution in [2.45, 2.75) is 31.3 Å². The van der Waals surface area contributed by atoms with E-state index >= 15 is 0 Å². The van der Waals surface area contributed by atoms with Crippen LogP contribution in [0.2, 0.25) is 0 Å². The first-order valence-corrected chi connectivity index (χ1v) is 7.49. The summed E-state index contributed by atoms with van der Waals surface area (Å²) < 4.78 is 22.6. The molecular formula is C10H18N2O3S. The van der Waals surface area contributed by atoms with Crippen LogP contribution < -0.4 is 5.32 Å². The molecule has 1 saturated carbocycles. The Labute approximate surface area is 96.1 Å². The third-order valence-corrected chi connectivity index (χ3v) is 5.02. The van der Waals surface area contributed by atoms with Crippen LogP contribution in [0.4, 0.5) is 0 Å². The van der Waals surface area contributed by atoms with Gasteiger partial charge in [-0.1, -0.05) is 0 Å². The van der Waals surface area contributed by atoms with Crippen molar-refractivity contribution in [1.29, 1.82) is 0 Å². The van der Waals surface area contributed by atoms with Crippen LogP contribution in [0.25, 0.3) is 0 Å². The number of nitrogens with one attached hydrogen (secondary N) is 1. The molecule has 1 unspecified atom stereocenters. The Balaban J connectivity index is 1.81. The zero-order valence-electron chi connectivity index (χ0n) is 9.48. The zero-order chi connectivity index (χ0) is 11.8. The number of nitrogens with zero attached hydrogens (tertiary/aromatic N) is 1. The SMILES string of the molecule is CN(C(=O)CNC1CC1)C1CCS(=O)(=O)C1. The Morgan fingerprint density at radius 1 is 1.38 bits per heavy atom. The first-order chi connectivity index (χ1) is 7.48. The summed E-state index contributed by atoms with van der Waals surface area (Å²) in [6.45, 7) is 0.331. The Kier molecular flexibility index (Phi) is 3.21. The molecule has 2 fully saturated rings. The van der Waals surface area contributed by atoms with Gasteiger partial charge in [-0.05, 0) is 19.3 Å². The van der Waals surface area contributed by atoms with Gasteiger partial charge in [0.1, 0.15) is 0 Å². The molecule has 1 amide bonds. The van der Waals surface area contributed by atoms with Crippen LogP contribution in [0.15, 0.2) is 0 Å². The topological polar surface area (TPSA) is 66.5 Å². The Hall–Kier alpha value is -0.620. The molecule has 1 N–H and O–H groups in total. The second kappa shape index (κ2) is 4.33. The third-order valence-electron chi connectivity index (χ3n) is 3.27. The van der Waals surface area contributed by atoms with Crippen LogP contribution in [0.5, 0.6) is 0 Å². The lowest BCUT2D eigenvalue weighted by Crippen LogP contribution is -2.43. The summed E-state index contributed by atoms with van der Waals surface area (Å²) in [4.78, 5) is 13.3. The summed E-state index contributed by atoms with van der Waals surface area (Å²) in [5.41, 5.74) is 0. The maximum absolute atomic E-state index is 11.7. The molecule has 0 bridgehead atoms. The van der Waals surface area contributed by atoms with Gasteiger partial charge in [0.05, 0.1) is 18.1 Å². The first kappa shape index (κ1) is 11.9. The highest BCUT2D eigenvalue weighted by molar-refractivity contribution is 7.91. The molecule has 0 aromatic carbocycles. The van der Waals surface area contributed by atoms with Crippen LogP contribution in [0.1, 0.15) is 19.3 Å². The number of likely N-dealkylation sites (N-methyl/N-ethyl adjacent to an activating group) is 1. The van der Waals surface area contributed by atoms with E-state index in [0.29, 0.717) is 19.0 Å². The van der Waals surface area contributed by atoms with E-state index in [0.717, 1.165) is 12.8 Å². The molecule has 1 aliphatic heterocycles. The van der Waals surface area contributed by atoms with Gasteiger partial charge in [0, 0.05) is 19.1 Å². The van der Waals surface area contributed by atoms with Crippen molar-refractivity contribution < 1.29 is 13.2 Å². The average molecular weight is 246 g/mol. The lowest BCUT2D eigenvalue weighted by atomic mass is 10.2. The second-order valence-electron chi connectivity index (χ2n) is 4.72. The molecule has 0 aromatic heterocycles. The highest BCUT2D eigenvalue weighted by atomic mass is 32.2. The van der Waals surface area contributed by atoms with Gasteiger partial charge in [-0.15, -0.1) is 0 Å². The normalized spacial score (nSPS) is 27.9. The molecule has 0 spiro atoms. The maximum atomic E-state index is 11.7. The third kappa shape index (κ3) is 2.95. The summed E-state index contributed by atoms with van der Waals surface area (Å²) >= 11 is 0. The number of carbonyl (C=O) groups excluding carboxylic acids is 1. The van der Waals surface area contributed by atoms with Crippen molar-refractivity contribution in [2.24, 2.45) is 0 Å². The minimum Gasteiger partial charge on any atom is -0.341 e. The minimum atomic E-state index is -2.91. The van der Waals surface area contributed by atoms with Gasteiger partial charge in [-0.3, -0.25) is 4.79 Å². The van der Waals surface area contributed by atoms with E-state index < -0.39 is 9.84 Å². The number of hydrogen-bond acceptors (Lipinski definition) is 4. The highest BCUT2D eigenvalue weighted by Crippen LogP contribution is 2.19. The van der Waals surface area contributed by atoms with Crippen LogP contribution in [0, 0.1) is 0 Å². The van der Waals surface area contributed by atoms with Gasteiger partial charge in [-0.2, -0.15) is 0 Å². The van der Waals surface area contributed by atoms with Gasteiger partial charge in [-0.25, -0.2) is 8.42 Å². The Morgan fingerprint density at radius 3 is 2.56 bits per heavy atom. The van der Waals surface area contributed by atoms with Crippen LogP contribution in [-0.2, 0) is 14.6 Å². The lowest BCUT2D eigenvalue weighted by Gasteiger charge is -2.23. The van der Waals surface area contributed by atoms with Crippen molar-refractivity contribution in [3.8, 4) is 0 Å². The maximum Gasteiger partial charge on any atom is 0.236 e. The van der Waals surface area contributed by atoms with Crippen molar-refractivity contribution in [2.75, 3.05) is 25.1 Å². The molecule has 5 nitrogen and oxygen atoms in total. The predicted molar refractivity (Wildman–Crippen MR) is 60.9 cm³/mol. The predicted octanol–water partition coefficient (Wildman–Crippen LogP) is -0.616. The van der Waals surface area contributed by atoms with E-state index in [1.165, 1.54) is 0 Å². The van der Waals surface area contributed by atoms with Crippen molar-refractivity contribution in [3.05, 3.63) is 0 Å². The fourth-order valence-electron chi connectivity index (χ4n) is 1.93. The number of rotatable bonds is 4. The molecule has 92 valence electrons. The molecule has 16 heavy (non-hydrogen) atoms. The molecule has 0 radical (unpaired) electrons. The van der Waals surface area contributed by atoms with Gasteiger partial charge in [0.15, 0.2) is 9.84 Å². The fourth-order valence-corrected chi connectivity index (χ4v) is 3.70. The smallest absolute Gasteiger partial charge is 0.236 e. The molecule has 2 aliphatic rings. The fraction of sp³-hybridized carbons (Fsp3) is 0.900. The molecule has 1 aliphatic carbocycles. The summed E-state index contributed by atoms with van der Waals surface area (Å²) in [5.74, 6) is 0.332. The summed E-state index contributed by atoms with van der Waals surface area (Å²) in [5, 5.41) is 3.14. The van der Waals surface area contributed by atoms with E-state index in [2.05, 4.69) is 5.32 Å². The molecule has 1 heterocycles. The quantitative estimate of drug-likeness (QED) is 0.718. The lowest BCUT2D eigenvalue weighted by molar-refractivity contribution is -0.130. The molecular weight excluding hydrogens is 228 g/mol. The number of carbonyl (C=O) groups is 1. The van der Waals surface area contributed by atoms with Crippen molar-refractivity contribution in [3.63, 3.8) is 0 Å². The largest absolute Gasteiger partial charge is 0.341 e. The summed E-state index contributed by atoms with van der Waals surface area (Å²) in [6.07, 6.45) is 2.87. The van der Waals surface area contributed by atoms with E-state index in [1.807, 2.05) is 0 Å². The highest BCUT2D eigenvalue weighted by Gasteiger charge is 2.33. The number of amides is 1. The summed E-state index contributed by atoms with van der Waals surface area (Å²) in [7, 11) is -1.21. The standard InChI is InChI=1S/C10H18N2O3S/c1-12(9-4-5-16(14,15)7-9)10(13)6-11-8-2-3-8/h8-9,11H,2-7H2,1H3. The first-order valence-electron chi connectivity index (χ1n) is 5.67. The molecule has 2 rings (SSSR count). The van der Waals surface area contributed by atoms with Crippen LogP contribution in [0.3, 0.4) is 0 Å². The monoisotopic (exact) mass is 246 g/mol. The van der Waals surface area contributed by atoms with Gasteiger partial charge < -0.3 is 10.2 Å². The average Bonchev–Trinajstić information content (AvgIpc) is 2.98. The van der Waals surface area contributed by atoms with Crippen LogP contribution in [-0.4, -0.2) is 56.4 Å². The molecule has 0 aromatic rings. The van der Waals surface area contributed by atoms with E-state index in [1.54, 1.807) is 11.9 Å². The number of sulfone groups is 1. The Bertz CT molecular complexity index is 376. The van der Waals surface area contributed by atoms with Crippen molar-refractivity contribution >= 4 is 15.7 Å². The molecule has 1 atom stereocenters. The zero-order valence-corrected chi connectivity index (χ0v) is 10.3. The van der Waals surface area contributed by atoms with Gasteiger partial charge in [0.2, 0.25) is 5.91 Å². The van der Waals surface area contributed by atoms with E-state index in [-0.39, 0.29) is 23.5 Å². The van der Waals surface area contributed by atoms with Gasteiger partial charge in [0.25, 0.3) is 0 Å². The molecule has 6 heteroatoms. The summed E-state index contributed by atoms with van der Waals surface area (Å²) in [6, 6.07) is 0.378.